The normalized spacial score (nSPS) is 19.8. The van der Waals surface area contributed by atoms with Crippen LogP contribution in [0.5, 0.6) is 0 Å². The predicted octanol–water partition coefficient (Wildman–Crippen LogP) is -0.982. The number of hydrogen-bond acceptors (Lipinski definition) is 5. The van der Waals surface area contributed by atoms with Crippen molar-refractivity contribution >= 4 is 24.5 Å². The third kappa shape index (κ3) is 3.95. The zero-order chi connectivity index (χ0) is 8.97. The van der Waals surface area contributed by atoms with Gasteiger partial charge in [0.1, 0.15) is 6.61 Å². The topological polar surface area (TPSA) is 90.7 Å². The summed E-state index contributed by atoms with van der Waals surface area (Å²) in [6.07, 6.45) is -0.864. The van der Waals surface area contributed by atoms with Crippen LogP contribution in [0.2, 0.25) is 0 Å². The molecule has 6 nitrogen and oxygen atoms in total. The average molecular weight is 211 g/mol. The summed E-state index contributed by atoms with van der Waals surface area (Å²) in [7, 11) is 0. The molecule has 1 saturated heterocycles. The minimum Gasteiger partial charge on any atom is -0.461 e. The van der Waals surface area contributed by atoms with E-state index < -0.39 is 12.1 Å². The number of rotatable bonds is 3. The fraction of sp³-hybridized carbons (Fsp3) is 0.667. The smallest absolute Gasteiger partial charge is 0.407 e. The van der Waals surface area contributed by atoms with Crippen LogP contribution >= 0.6 is 12.4 Å². The number of alkyl carbamates (subject to hydrolysis) is 1. The molecule has 0 aromatic carbocycles. The minimum absolute atomic E-state index is 0. The number of amides is 1. The first kappa shape index (κ1) is 12.0. The molecule has 0 aromatic heterocycles. The number of halogens is 1. The lowest BCUT2D eigenvalue weighted by molar-refractivity contribution is -0.144. The largest absolute Gasteiger partial charge is 0.461 e. The van der Waals surface area contributed by atoms with Crippen molar-refractivity contribution in [1.29, 1.82) is 0 Å². The van der Waals surface area contributed by atoms with E-state index in [1.807, 2.05) is 0 Å². The lowest BCUT2D eigenvalue weighted by Gasteiger charge is -2.07. The quantitative estimate of drug-likeness (QED) is 0.585. The molecule has 1 rings (SSSR count). The molecule has 1 aliphatic rings. The maximum Gasteiger partial charge on any atom is 0.407 e. The summed E-state index contributed by atoms with van der Waals surface area (Å²) in [5.74, 6) is -0.502. The van der Waals surface area contributed by atoms with Gasteiger partial charge < -0.3 is 20.5 Å². The molecular formula is C6H11ClN2O4. The molecule has 1 atom stereocenters. The molecule has 0 unspecified atom stereocenters. The van der Waals surface area contributed by atoms with Gasteiger partial charge in [-0.25, -0.2) is 4.79 Å². The number of nitrogens with one attached hydrogen (secondary N) is 1. The van der Waals surface area contributed by atoms with Crippen molar-refractivity contribution in [1.82, 2.24) is 5.32 Å². The van der Waals surface area contributed by atoms with Crippen LogP contribution < -0.4 is 11.1 Å². The second kappa shape index (κ2) is 5.60. The van der Waals surface area contributed by atoms with Gasteiger partial charge in [0.15, 0.2) is 6.10 Å². The van der Waals surface area contributed by atoms with Crippen LogP contribution in [0.15, 0.2) is 0 Å². The first-order chi connectivity index (χ1) is 5.72. The predicted molar refractivity (Wildman–Crippen MR) is 45.5 cm³/mol. The van der Waals surface area contributed by atoms with Crippen molar-refractivity contribution in [3.63, 3.8) is 0 Å². The van der Waals surface area contributed by atoms with Crippen LogP contribution in [-0.2, 0) is 14.3 Å². The van der Waals surface area contributed by atoms with E-state index in [4.69, 9.17) is 5.73 Å². The Hall–Kier alpha value is -1.01. The van der Waals surface area contributed by atoms with Crippen LogP contribution in [-0.4, -0.2) is 37.9 Å². The van der Waals surface area contributed by atoms with E-state index in [0.29, 0.717) is 6.54 Å². The minimum atomic E-state index is -0.502. The molecule has 0 bridgehead atoms. The fourth-order valence-corrected chi connectivity index (χ4v) is 0.770. The number of carbonyl (C=O) groups excluding carboxylic acids is 2. The number of hydrogen-bond donors (Lipinski definition) is 2. The lowest BCUT2D eigenvalue weighted by Crippen LogP contribution is -2.25. The van der Waals surface area contributed by atoms with Gasteiger partial charge in [-0.2, -0.15) is 0 Å². The molecule has 3 N–H and O–H groups in total. The van der Waals surface area contributed by atoms with Crippen LogP contribution in [0.25, 0.3) is 0 Å². The Kier molecular flexibility index (Phi) is 5.17. The second-order valence-corrected chi connectivity index (χ2v) is 2.30. The number of carbonyl (C=O) groups is 2. The van der Waals surface area contributed by atoms with Gasteiger partial charge in [0.05, 0.1) is 13.1 Å². The molecule has 7 heteroatoms. The van der Waals surface area contributed by atoms with Crippen LogP contribution in [0.4, 0.5) is 4.79 Å². The van der Waals surface area contributed by atoms with E-state index in [9.17, 15) is 9.59 Å². The molecule has 13 heavy (non-hydrogen) atoms. The van der Waals surface area contributed by atoms with Gasteiger partial charge >= 0.3 is 12.1 Å². The molecule has 1 aliphatic heterocycles. The first-order valence-corrected chi connectivity index (χ1v) is 3.52. The van der Waals surface area contributed by atoms with E-state index in [0.717, 1.165) is 0 Å². The summed E-state index contributed by atoms with van der Waals surface area (Å²) in [6.45, 7) is 0.277. The highest BCUT2D eigenvalue weighted by atomic mass is 35.5. The monoisotopic (exact) mass is 210 g/mol. The van der Waals surface area contributed by atoms with E-state index >= 15 is 0 Å². The average Bonchev–Trinajstić information content (AvgIpc) is 2.47. The van der Waals surface area contributed by atoms with Gasteiger partial charge in [0.2, 0.25) is 0 Å². The van der Waals surface area contributed by atoms with Gasteiger partial charge in [0, 0.05) is 0 Å². The summed E-state index contributed by atoms with van der Waals surface area (Å²) < 4.78 is 9.33. The highest BCUT2D eigenvalue weighted by Gasteiger charge is 2.23. The highest BCUT2D eigenvalue weighted by Crippen LogP contribution is 1.99. The summed E-state index contributed by atoms with van der Waals surface area (Å²) >= 11 is 0. The summed E-state index contributed by atoms with van der Waals surface area (Å²) in [6, 6.07) is 0. The Bertz CT molecular complexity index is 199. The Morgan fingerprint density at radius 2 is 2.46 bits per heavy atom. The van der Waals surface area contributed by atoms with Crippen LogP contribution in [0.1, 0.15) is 0 Å². The van der Waals surface area contributed by atoms with Crippen LogP contribution in [0, 0.1) is 0 Å². The summed E-state index contributed by atoms with van der Waals surface area (Å²) in [4.78, 5) is 21.0. The van der Waals surface area contributed by atoms with Crippen molar-refractivity contribution in [2.75, 3.05) is 19.7 Å². The zero-order valence-electron chi connectivity index (χ0n) is 6.82. The molecule has 1 amide bonds. The molecule has 1 heterocycles. The Balaban J connectivity index is 0.00000144. The van der Waals surface area contributed by atoms with Crippen molar-refractivity contribution < 1.29 is 19.1 Å². The molecule has 1 fully saturated rings. The lowest BCUT2D eigenvalue weighted by atomic mass is 10.4. The van der Waals surface area contributed by atoms with Gasteiger partial charge in [-0.3, -0.25) is 4.79 Å². The first-order valence-electron chi connectivity index (χ1n) is 3.52. The van der Waals surface area contributed by atoms with Gasteiger partial charge in [-0.15, -0.1) is 12.4 Å². The maximum absolute atomic E-state index is 10.5. The third-order valence-electron chi connectivity index (χ3n) is 1.34. The standard InChI is InChI=1S/C6H10N2O4.ClH/c7-1-5(9)11-3-4-2-8-6(10)12-4;/h4H,1-3,7H2,(H,8,10);1H/t4-;/m1./s1. The Morgan fingerprint density at radius 1 is 1.77 bits per heavy atom. The molecule has 0 saturated carbocycles. The molecule has 0 aromatic rings. The van der Waals surface area contributed by atoms with Crippen molar-refractivity contribution in [3.8, 4) is 0 Å². The van der Waals surface area contributed by atoms with Crippen molar-refractivity contribution in [2.24, 2.45) is 5.73 Å². The summed E-state index contributed by atoms with van der Waals surface area (Å²) in [5.41, 5.74) is 4.99. The van der Waals surface area contributed by atoms with E-state index in [1.54, 1.807) is 0 Å². The zero-order valence-corrected chi connectivity index (χ0v) is 7.63. The fourth-order valence-electron chi connectivity index (χ4n) is 0.770. The third-order valence-corrected chi connectivity index (χ3v) is 1.34. The van der Waals surface area contributed by atoms with Crippen molar-refractivity contribution in [3.05, 3.63) is 0 Å². The van der Waals surface area contributed by atoms with E-state index in [1.165, 1.54) is 0 Å². The molecular weight excluding hydrogens is 200 g/mol. The van der Waals surface area contributed by atoms with Gasteiger partial charge in [-0.05, 0) is 0 Å². The number of cyclic esters (lactones) is 1. The maximum atomic E-state index is 10.5. The van der Waals surface area contributed by atoms with Gasteiger partial charge in [0.25, 0.3) is 0 Å². The van der Waals surface area contributed by atoms with Crippen LogP contribution in [0.3, 0.4) is 0 Å². The highest BCUT2D eigenvalue weighted by molar-refractivity contribution is 5.85. The Labute approximate surface area is 81.2 Å². The molecule has 0 aliphatic carbocycles. The van der Waals surface area contributed by atoms with Crippen molar-refractivity contribution in [2.45, 2.75) is 6.10 Å². The molecule has 0 spiro atoms. The summed E-state index contributed by atoms with van der Waals surface area (Å²) in [5, 5.41) is 2.43. The number of nitrogens with two attached hydrogens (primary N) is 1. The molecule has 0 radical (unpaired) electrons. The molecule has 76 valence electrons. The number of esters is 1. The van der Waals surface area contributed by atoms with Gasteiger partial charge in [-0.1, -0.05) is 0 Å². The van der Waals surface area contributed by atoms with E-state index in [2.05, 4.69) is 14.8 Å². The Morgan fingerprint density at radius 3 is 2.92 bits per heavy atom. The second-order valence-electron chi connectivity index (χ2n) is 2.30. The SMILES string of the molecule is Cl.NCC(=O)OC[C@H]1CNC(=O)O1. The van der Waals surface area contributed by atoms with E-state index in [-0.39, 0.29) is 31.7 Å². The number of ether oxygens (including phenoxy) is 2.